The monoisotopic (exact) mass is 251 g/mol. The molecule has 1 N–H and O–H groups in total. The maximum atomic E-state index is 3.49. The fourth-order valence-electron chi connectivity index (χ4n) is 1.63. The predicted octanol–water partition coefficient (Wildman–Crippen LogP) is 4.02. The zero-order valence-electron chi connectivity index (χ0n) is 9.96. The molecule has 0 fully saturated rings. The summed E-state index contributed by atoms with van der Waals surface area (Å²) in [6, 6.07) is 6.67. The van der Waals surface area contributed by atoms with Crippen molar-refractivity contribution in [3.8, 4) is 0 Å². The molecular formula is C13H17NS2. The molecule has 0 saturated heterocycles. The van der Waals surface area contributed by atoms with Crippen LogP contribution in [0, 0.1) is 20.8 Å². The van der Waals surface area contributed by atoms with Crippen molar-refractivity contribution in [2.45, 2.75) is 33.9 Å². The molecule has 0 aliphatic rings. The van der Waals surface area contributed by atoms with Gasteiger partial charge in [0.15, 0.2) is 0 Å². The number of hydrogen-bond donors (Lipinski definition) is 1. The van der Waals surface area contributed by atoms with Crippen LogP contribution in [0.5, 0.6) is 0 Å². The van der Waals surface area contributed by atoms with Crippen LogP contribution in [0.25, 0.3) is 0 Å². The lowest BCUT2D eigenvalue weighted by atomic mass is 10.3. The first kappa shape index (κ1) is 11.8. The maximum Gasteiger partial charge on any atom is 0.0303 e. The molecule has 0 bridgehead atoms. The largest absolute Gasteiger partial charge is 0.307 e. The van der Waals surface area contributed by atoms with Gasteiger partial charge in [0.1, 0.15) is 0 Å². The van der Waals surface area contributed by atoms with E-state index in [0.29, 0.717) is 0 Å². The van der Waals surface area contributed by atoms with Crippen LogP contribution >= 0.6 is 22.7 Å². The SMILES string of the molecule is Cc1ccc(CNCc2cc(C)c(C)s2)s1. The summed E-state index contributed by atoms with van der Waals surface area (Å²) in [6.45, 7) is 8.48. The summed E-state index contributed by atoms with van der Waals surface area (Å²) in [5.41, 5.74) is 1.41. The highest BCUT2D eigenvalue weighted by molar-refractivity contribution is 7.12. The Hall–Kier alpha value is -0.640. The average molecular weight is 251 g/mol. The third-order valence-electron chi connectivity index (χ3n) is 2.61. The number of rotatable bonds is 4. The minimum absolute atomic E-state index is 0.981. The van der Waals surface area contributed by atoms with E-state index in [2.05, 4.69) is 44.3 Å². The Labute approximate surface area is 105 Å². The molecule has 0 aromatic carbocycles. The summed E-state index contributed by atoms with van der Waals surface area (Å²) in [5, 5.41) is 3.49. The fourth-order valence-corrected chi connectivity index (χ4v) is 3.51. The Kier molecular flexibility index (Phi) is 3.79. The lowest BCUT2D eigenvalue weighted by Gasteiger charge is -1.99. The van der Waals surface area contributed by atoms with Gasteiger partial charge in [0.05, 0.1) is 0 Å². The second-order valence-corrected chi connectivity index (χ2v) is 6.78. The first-order valence-corrected chi connectivity index (χ1v) is 7.10. The Bertz CT molecular complexity index is 448. The first-order valence-electron chi connectivity index (χ1n) is 5.47. The molecule has 16 heavy (non-hydrogen) atoms. The molecule has 1 nitrogen and oxygen atoms in total. The zero-order valence-corrected chi connectivity index (χ0v) is 11.6. The van der Waals surface area contributed by atoms with E-state index in [1.165, 1.54) is 25.1 Å². The third-order valence-corrected chi connectivity index (χ3v) is 4.76. The lowest BCUT2D eigenvalue weighted by Crippen LogP contribution is -2.10. The summed E-state index contributed by atoms with van der Waals surface area (Å²) >= 11 is 3.77. The number of aryl methyl sites for hydroxylation is 3. The van der Waals surface area contributed by atoms with Crippen molar-refractivity contribution >= 4 is 22.7 Å². The van der Waals surface area contributed by atoms with Gasteiger partial charge in [-0.3, -0.25) is 0 Å². The van der Waals surface area contributed by atoms with Gasteiger partial charge in [-0.15, -0.1) is 22.7 Å². The molecule has 0 aliphatic carbocycles. The van der Waals surface area contributed by atoms with Gasteiger partial charge < -0.3 is 5.32 Å². The van der Waals surface area contributed by atoms with E-state index >= 15 is 0 Å². The van der Waals surface area contributed by atoms with E-state index in [0.717, 1.165) is 13.1 Å². The van der Waals surface area contributed by atoms with Crippen LogP contribution in [0.4, 0.5) is 0 Å². The van der Waals surface area contributed by atoms with E-state index in [9.17, 15) is 0 Å². The zero-order chi connectivity index (χ0) is 11.5. The van der Waals surface area contributed by atoms with E-state index in [1.54, 1.807) is 0 Å². The Morgan fingerprint density at radius 3 is 2.31 bits per heavy atom. The van der Waals surface area contributed by atoms with Gasteiger partial charge in [0.25, 0.3) is 0 Å². The molecule has 2 heterocycles. The van der Waals surface area contributed by atoms with Gasteiger partial charge in [-0.1, -0.05) is 0 Å². The highest BCUT2D eigenvalue weighted by atomic mass is 32.1. The Balaban J connectivity index is 1.84. The molecule has 0 aliphatic heterocycles. The van der Waals surface area contributed by atoms with Crippen molar-refractivity contribution in [2.24, 2.45) is 0 Å². The molecule has 3 heteroatoms. The summed E-state index contributed by atoms with van der Waals surface area (Å²) in [5.74, 6) is 0. The maximum absolute atomic E-state index is 3.49. The molecular weight excluding hydrogens is 234 g/mol. The molecule has 0 saturated carbocycles. The lowest BCUT2D eigenvalue weighted by molar-refractivity contribution is 0.709. The van der Waals surface area contributed by atoms with Crippen LogP contribution in [-0.2, 0) is 13.1 Å². The molecule has 2 aromatic heterocycles. The van der Waals surface area contributed by atoms with E-state index in [4.69, 9.17) is 0 Å². The average Bonchev–Trinajstić information content (AvgIpc) is 2.75. The van der Waals surface area contributed by atoms with Crippen molar-refractivity contribution in [1.29, 1.82) is 0 Å². The summed E-state index contributed by atoms with van der Waals surface area (Å²) in [7, 11) is 0. The van der Waals surface area contributed by atoms with Crippen molar-refractivity contribution in [3.05, 3.63) is 43.3 Å². The number of hydrogen-bond acceptors (Lipinski definition) is 3. The van der Waals surface area contributed by atoms with Crippen LogP contribution in [0.3, 0.4) is 0 Å². The third kappa shape index (κ3) is 2.94. The molecule has 2 rings (SSSR count). The Morgan fingerprint density at radius 1 is 1.00 bits per heavy atom. The molecule has 86 valence electrons. The van der Waals surface area contributed by atoms with Gasteiger partial charge in [-0.05, 0) is 44.5 Å². The van der Waals surface area contributed by atoms with Crippen molar-refractivity contribution in [1.82, 2.24) is 5.32 Å². The standard InChI is InChI=1S/C13H17NS2/c1-9-6-13(16-11(9)3)8-14-7-12-5-4-10(2)15-12/h4-6,14H,7-8H2,1-3H3. The Morgan fingerprint density at radius 2 is 1.75 bits per heavy atom. The summed E-state index contributed by atoms with van der Waals surface area (Å²) in [6.07, 6.45) is 0. The second kappa shape index (κ2) is 5.13. The van der Waals surface area contributed by atoms with Gasteiger partial charge >= 0.3 is 0 Å². The van der Waals surface area contributed by atoms with E-state index < -0.39 is 0 Å². The second-order valence-electron chi connectivity index (χ2n) is 4.07. The van der Waals surface area contributed by atoms with Crippen LogP contribution in [0.15, 0.2) is 18.2 Å². The minimum Gasteiger partial charge on any atom is -0.307 e. The fraction of sp³-hybridized carbons (Fsp3) is 0.385. The van der Waals surface area contributed by atoms with Crippen LogP contribution < -0.4 is 5.32 Å². The normalized spacial score (nSPS) is 10.9. The highest BCUT2D eigenvalue weighted by Gasteiger charge is 2.01. The minimum atomic E-state index is 0.981. The summed E-state index contributed by atoms with van der Waals surface area (Å²) in [4.78, 5) is 5.68. The molecule has 2 aromatic rings. The van der Waals surface area contributed by atoms with Crippen molar-refractivity contribution < 1.29 is 0 Å². The first-order chi connectivity index (χ1) is 7.65. The predicted molar refractivity (Wildman–Crippen MR) is 73.4 cm³/mol. The van der Waals surface area contributed by atoms with Gasteiger partial charge in [0.2, 0.25) is 0 Å². The molecule has 0 atom stereocenters. The van der Waals surface area contributed by atoms with Crippen LogP contribution in [-0.4, -0.2) is 0 Å². The molecule has 0 spiro atoms. The number of thiophene rings is 2. The topological polar surface area (TPSA) is 12.0 Å². The van der Waals surface area contributed by atoms with E-state index in [1.807, 2.05) is 22.7 Å². The highest BCUT2D eigenvalue weighted by Crippen LogP contribution is 2.20. The molecule has 0 unspecified atom stereocenters. The smallest absolute Gasteiger partial charge is 0.0303 e. The summed E-state index contributed by atoms with van der Waals surface area (Å²) < 4.78 is 0. The number of nitrogens with one attached hydrogen (secondary N) is 1. The van der Waals surface area contributed by atoms with Gasteiger partial charge in [-0.25, -0.2) is 0 Å². The van der Waals surface area contributed by atoms with Gasteiger partial charge in [-0.2, -0.15) is 0 Å². The van der Waals surface area contributed by atoms with E-state index in [-0.39, 0.29) is 0 Å². The van der Waals surface area contributed by atoms with Crippen LogP contribution in [0.2, 0.25) is 0 Å². The molecule has 0 radical (unpaired) electrons. The van der Waals surface area contributed by atoms with Crippen LogP contribution in [0.1, 0.15) is 25.1 Å². The quantitative estimate of drug-likeness (QED) is 0.865. The van der Waals surface area contributed by atoms with Crippen molar-refractivity contribution in [3.63, 3.8) is 0 Å². The van der Waals surface area contributed by atoms with Gasteiger partial charge in [0, 0.05) is 32.6 Å². The van der Waals surface area contributed by atoms with Crippen molar-refractivity contribution in [2.75, 3.05) is 0 Å². The molecule has 0 amide bonds.